The molecule has 0 heterocycles. The number of nitrogen functional groups attached to an aromatic ring is 1. The second-order valence-electron chi connectivity index (χ2n) is 4.40. The molecule has 0 radical (unpaired) electrons. The highest BCUT2D eigenvalue weighted by Crippen LogP contribution is 2.34. The highest BCUT2D eigenvalue weighted by molar-refractivity contribution is 9.10. The van der Waals surface area contributed by atoms with E-state index in [1.807, 2.05) is 25.1 Å². The van der Waals surface area contributed by atoms with Crippen molar-refractivity contribution in [3.05, 3.63) is 51.0 Å². The number of halogens is 2. The van der Waals surface area contributed by atoms with Crippen LogP contribution in [0.5, 0.6) is 0 Å². The summed E-state index contributed by atoms with van der Waals surface area (Å²) in [5.74, 6) is -0.592. The van der Waals surface area contributed by atoms with Gasteiger partial charge in [-0.25, -0.2) is 0 Å². The van der Waals surface area contributed by atoms with Gasteiger partial charge in [-0.05, 0) is 52.7 Å². The number of carbonyl (C=O) groups excluding carboxylic acids is 1. The highest BCUT2D eigenvalue weighted by Gasteiger charge is 2.14. The molecule has 0 aliphatic carbocycles. The Morgan fingerprint density at radius 3 is 2.65 bits per heavy atom. The van der Waals surface area contributed by atoms with E-state index in [4.69, 9.17) is 23.1 Å². The van der Waals surface area contributed by atoms with Crippen molar-refractivity contribution in [1.29, 1.82) is 0 Å². The molecule has 0 fully saturated rings. The fourth-order valence-corrected chi connectivity index (χ4v) is 2.44. The number of nitrogens with one attached hydrogen (secondary N) is 1. The Morgan fingerprint density at radius 2 is 2.00 bits per heavy atom. The summed E-state index contributed by atoms with van der Waals surface area (Å²) < 4.78 is 0.853. The second-order valence-corrected chi connectivity index (χ2v) is 5.66. The quantitative estimate of drug-likeness (QED) is 0.733. The van der Waals surface area contributed by atoms with E-state index in [0.717, 1.165) is 15.7 Å². The summed E-state index contributed by atoms with van der Waals surface area (Å²) in [7, 11) is 0. The van der Waals surface area contributed by atoms with Gasteiger partial charge in [-0.3, -0.25) is 4.79 Å². The average Bonchev–Trinajstić information content (AvgIpc) is 2.36. The molecule has 2 rings (SSSR count). The number of rotatable bonds is 3. The van der Waals surface area contributed by atoms with Crippen LogP contribution in [0.25, 0.3) is 0 Å². The molecule has 0 aliphatic rings. The van der Waals surface area contributed by atoms with Crippen molar-refractivity contribution >= 4 is 50.5 Å². The van der Waals surface area contributed by atoms with Gasteiger partial charge >= 0.3 is 0 Å². The lowest BCUT2D eigenvalue weighted by Crippen LogP contribution is -2.14. The van der Waals surface area contributed by atoms with Crippen LogP contribution in [0.15, 0.2) is 34.8 Å². The van der Waals surface area contributed by atoms with Crippen molar-refractivity contribution < 1.29 is 4.79 Å². The number of hydrogen-bond acceptors (Lipinski definition) is 3. The smallest absolute Gasteiger partial charge is 0.250 e. The van der Waals surface area contributed by atoms with Crippen LogP contribution in [0.1, 0.15) is 15.9 Å². The Hall–Kier alpha value is -1.72. The standard InChI is InChI=1S/C14H13BrClN3O/c1-7-2-3-10(15)12(4-7)19-13-9(14(18)20)5-8(17)6-11(13)16/h2-6,19H,17H2,1H3,(H2,18,20). The van der Waals surface area contributed by atoms with Crippen LogP contribution in [0.4, 0.5) is 17.1 Å². The molecule has 0 aromatic heterocycles. The molecule has 6 heteroatoms. The number of aryl methyl sites for hydroxylation is 1. The van der Waals surface area contributed by atoms with Crippen LogP contribution in [0.3, 0.4) is 0 Å². The highest BCUT2D eigenvalue weighted by atomic mass is 79.9. The lowest BCUT2D eigenvalue weighted by atomic mass is 10.1. The van der Waals surface area contributed by atoms with Gasteiger partial charge in [0.2, 0.25) is 0 Å². The number of nitrogens with two attached hydrogens (primary N) is 2. The molecule has 0 saturated carbocycles. The van der Waals surface area contributed by atoms with Crippen LogP contribution >= 0.6 is 27.5 Å². The van der Waals surface area contributed by atoms with Crippen LogP contribution in [-0.4, -0.2) is 5.91 Å². The first kappa shape index (κ1) is 14.7. The van der Waals surface area contributed by atoms with E-state index in [9.17, 15) is 4.79 Å². The van der Waals surface area contributed by atoms with Crippen molar-refractivity contribution in [2.75, 3.05) is 11.1 Å². The van der Waals surface area contributed by atoms with E-state index in [2.05, 4.69) is 21.2 Å². The number of hydrogen-bond donors (Lipinski definition) is 3. The second kappa shape index (κ2) is 5.73. The molecule has 2 aromatic rings. The first-order valence-electron chi connectivity index (χ1n) is 5.80. The van der Waals surface area contributed by atoms with E-state index in [-0.39, 0.29) is 5.56 Å². The minimum Gasteiger partial charge on any atom is -0.399 e. The topological polar surface area (TPSA) is 81.1 Å². The zero-order chi connectivity index (χ0) is 14.9. The minimum atomic E-state index is -0.592. The maximum atomic E-state index is 11.5. The third kappa shape index (κ3) is 3.05. The molecule has 2 aromatic carbocycles. The Kier molecular flexibility index (Phi) is 4.20. The molecule has 104 valence electrons. The van der Waals surface area contributed by atoms with E-state index in [0.29, 0.717) is 16.4 Å². The minimum absolute atomic E-state index is 0.253. The monoisotopic (exact) mass is 353 g/mol. The molecular formula is C14H13BrClN3O. The van der Waals surface area contributed by atoms with Crippen LogP contribution in [0.2, 0.25) is 5.02 Å². The van der Waals surface area contributed by atoms with Crippen LogP contribution in [0, 0.1) is 6.92 Å². The van der Waals surface area contributed by atoms with Gasteiger partial charge < -0.3 is 16.8 Å². The third-order valence-corrected chi connectivity index (χ3v) is 3.75. The summed E-state index contributed by atoms with van der Waals surface area (Å²) in [6.07, 6.45) is 0. The lowest BCUT2D eigenvalue weighted by Gasteiger charge is -2.14. The van der Waals surface area contributed by atoms with Crippen molar-refractivity contribution in [3.8, 4) is 0 Å². The van der Waals surface area contributed by atoms with Crippen LogP contribution in [-0.2, 0) is 0 Å². The van der Waals surface area contributed by atoms with Gasteiger partial charge in [0.05, 0.1) is 22.0 Å². The van der Waals surface area contributed by atoms with Crippen molar-refractivity contribution in [2.24, 2.45) is 5.73 Å². The summed E-state index contributed by atoms with van der Waals surface area (Å²) in [4.78, 5) is 11.5. The Bertz CT molecular complexity index is 688. The number of anilines is 3. The van der Waals surface area contributed by atoms with Gasteiger partial charge in [-0.1, -0.05) is 17.7 Å². The lowest BCUT2D eigenvalue weighted by molar-refractivity contribution is 0.100. The molecule has 0 spiro atoms. The number of benzene rings is 2. The van der Waals surface area contributed by atoms with E-state index in [1.165, 1.54) is 6.07 Å². The van der Waals surface area contributed by atoms with E-state index in [1.54, 1.807) is 6.07 Å². The zero-order valence-corrected chi connectivity index (χ0v) is 13.0. The molecule has 0 aliphatic heterocycles. The first-order valence-corrected chi connectivity index (χ1v) is 6.97. The van der Waals surface area contributed by atoms with Crippen molar-refractivity contribution in [3.63, 3.8) is 0 Å². The molecular weight excluding hydrogens is 342 g/mol. The number of carbonyl (C=O) groups is 1. The average molecular weight is 355 g/mol. The summed E-state index contributed by atoms with van der Waals surface area (Å²) >= 11 is 9.60. The Balaban J connectivity index is 2.53. The normalized spacial score (nSPS) is 10.3. The molecule has 0 atom stereocenters. The van der Waals surface area contributed by atoms with Gasteiger partial charge in [0.15, 0.2) is 0 Å². The fraction of sp³-hybridized carbons (Fsp3) is 0.0714. The zero-order valence-electron chi connectivity index (χ0n) is 10.7. The molecule has 5 N–H and O–H groups in total. The van der Waals surface area contributed by atoms with E-state index < -0.39 is 5.91 Å². The third-order valence-electron chi connectivity index (χ3n) is 2.76. The summed E-state index contributed by atoms with van der Waals surface area (Å²) in [6.45, 7) is 1.97. The first-order chi connectivity index (χ1) is 9.38. The Labute approximate surface area is 130 Å². The van der Waals surface area contributed by atoms with Gasteiger partial charge in [0.1, 0.15) is 0 Å². The predicted molar refractivity (Wildman–Crippen MR) is 86.5 cm³/mol. The summed E-state index contributed by atoms with van der Waals surface area (Å²) in [5, 5.41) is 3.46. The molecule has 0 bridgehead atoms. The van der Waals surface area contributed by atoms with Gasteiger partial charge in [-0.2, -0.15) is 0 Å². The summed E-state index contributed by atoms with van der Waals surface area (Å²) in [5.41, 5.74) is 14.0. The number of amides is 1. The van der Waals surface area contributed by atoms with Gasteiger partial charge in [0, 0.05) is 10.2 Å². The number of primary amides is 1. The van der Waals surface area contributed by atoms with Gasteiger partial charge in [-0.15, -0.1) is 0 Å². The molecule has 20 heavy (non-hydrogen) atoms. The molecule has 0 saturated heterocycles. The maximum absolute atomic E-state index is 11.5. The largest absolute Gasteiger partial charge is 0.399 e. The maximum Gasteiger partial charge on any atom is 0.250 e. The Morgan fingerprint density at radius 1 is 1.30 bits per heavy atom. The molecule has 0 unspecified atom stereocenters. The van der Waals surface area contributed by atoms with Crippen LogP contribution < -0.4 is 16.8 Å². The van der Waals surface area contributed by atoms with Crippen molar-refractivity contribution in [1.82, 2.24) is 0 Å². The van der Waals surface area contributed by atoms with E-state index >= 15 is 0 Å². The molecule has 4 nitrogen and oxygen atoms in total. The van der Waals surface area contributed by atoms with Gasteiger partial charge in [0.25, 0.3) is 5.91 Å². The predicted octanol–water partition coefficient (Wildman–Crippen LogP) is 3.84. The van der Waals surface area contributed by atoms with Crippen molar-refractivity contribution in [2.45, 2.75) is 6.92 Å². The SMILES string of the molecule is Cc1ccc(Br)c(Nc2c(Cl)cc(N)cc2C(N)=O)c1. The fourth-order valence-electron chi connectivity index (χ4n) is 1.82. The summed E-state index contributed by atoms with van der Waals surface area (Å²) in [6, 6.07) is 8.88. The molecule has 1 amide bonds.